The highest BCUT2D eigenvalue weighted by molar-refractivity contribution is 8.00. The van der Waals surface area contributed by atoms with E-state index in [2.05, 4.69) is 6.92 Å². The lowest BCUT2D eigenvalue weighted by Crippen LogP contribution is -2.26. The van der Waals surface area contributed by atoms with E-state index >= 15 is 0 Å². The molecule has 0 bridgehead atoms. The van der Waals surface area contributed by atoms with E-state index in [4.69, 9.17) is 10.8 Å². The Morgan fingerprint density at radius 3 is 2.47 bits per heavy atom. The Morgan fingerprint density at radius 2 is 1.94 bits per heavy atom. The Hall–Kier alpha value is -0.550. The van der Waals surface area contributed by atoms with Gasteiger partial charge in [0, 0.05) is 17.0 Å². The molecule has 0 aliphatic rings. The van der Waals surface area contributed by atoms with Crippen LogP contribution in [0.15, 0.2) is 30.3 Å². The molecule has 1 aromatic rings. The van der Waals surface area contributed by atoms with Gasteiger partial charge in [0.05, 0.1) is 12.7 Å². The van der Waals surface area contributed by atoms with Crippen molar-refractivity contribution in [2.75, 3.05) is 12.4 Å². The molecule has 0 saturated heterocycles. The SMILES string of the molecule is CCC(SCC(O)CO)C(N)c1ccccc1. The maximum atomic E-state index is 9.34. The highest BCUT2D eigenvalue weighted by Gasteiger charge is 2.19. The molecule has 3 unspecified atom stereocenters. The van der Waals surface area contributed by atoms with Crippen LogP contribution in [0, 0.1) is 0 Å². The normalized spacial score (nSPS) is 16.5. The lowest BCUT2D eigenvalue weighted by atomic mass is 10.0. The monoisotopic (exact) mass is 255 g/mol. The molecule has 0 amide bonds. The van der Waals surface area contributed by atoms with Crippen LogP contribution in [0.1, 0.15) is 24.9 Å². The zero-order valence-corrected chi connectivity index (χ0v) is 10.9. The van der Waals surface area contributed by atoms with Crippen molar-refractivity contribution in [2.24, 2.45) is 5.73 Å². The molecule has 0 aromatic heterocycles. The second kappa shape index (κ2) is 7.71. The maximum Gasteiger partial charge on any atom is 0.0861 e. The molecule has 4 heteroatoms. The number of thioether (sulfide) groups is 1. The Morgan fingerprint density at radius 1 is 1.29 bits per heavy atom. The predicted molar refractivity (Wildman–Crippen MR) is 73.0 cm³/mol. The zero-order chi connectivity index (χ0) is 12.7. The van der Waals surface area contributed by atoms with Crippen LogP contribution in [-0.2, 0) is 0 Å². The maximum absolute atomic E-state index is 9.34. The Kier molecular flexibility index (Phi) is 6.58. The number of nitrogens with two attached hydrogens (primary N) is 1. The van der Waals surface area contributed by atoms with Crippen molar-refractivity contribution in [1.29, 1.82) is 0 Å². The van der Waals surface area contributed by atoms with E-state index in [9.17, 15) is 5.11 Å². The molecular formula is C13H21NO2S. The molecule has 4 N–H and O–H groups in total. The van der Waals surface area contributed by atoms with Crippen molar-refractivity contribution in [3.05, 3.63) is 35.9 Å². The molecule has 1 rings (SSSR count). The number of aliphatic hydroxyl groups is 2. The summed E-state index contributed by atoms with van der Waals surface area (Å²) >= 11 is 1.62. The van der Waals surface area contributed by atoms with Gasteiger partial charge in [-0.25, -0.2) is 0 Å². The van der Waals surface area contributed by atoms with Crippen LogP contribution in [0.5, 0.6) is 0 Å². The van der Waals surface area contributed by atoms with Gasteiger partial charge in [0.2, 0.25) is 0 Å². The lowest BCUT2D eigenvalue weighted by molar-refractivity contribution is 0.113. The summed E-state index contributed by atoms with van der Waals surface area (Å²) in [5.41, 5.74) is 7.33. The molecular weight excluding hydrogens is 234 g/mol. The van der Waals surface area contributed by atoms with E-state index in [0.717, 1.165) is 12.0 Å². The van der Waals surface area contributed by atoms with Gasteiger partial charge in [-0.15, -0.1) is 0 Å². The number of benzene rings is 1. The minimum Gasteiger partial charge on any atom is -0.394 e. The fraction of sp³-hybridized carbons (Fsp3) is 0.538. The standard InChI is InChI=1S/C13H21NO2S/c1-2-12(17-9-11(16)8-15)13(14)10-6-4-3-5-7-10/h3-7,11-13,15-16H,2,8-9,14H2,1H3. The van der Waals surface area contributed by atoms with Crippen molar-refractivity contribution in [3.63, 3.8) is 0 Å². The highest BCUT2D eigenvalue weighted by Crippen LogP contribution is 2.27. The third-order valence-corrected chi connectivity index (χ3v) is 4.33. The van der Waals surface area contributed by atoms with Gasteiger partial charge in [-0.3, -0.25) is 0 Å². The summed E-state index contributed by atoms with van der Waals surface area (Å²) in [4.78, 5) is 0. The van der Waals surface area contributed by atoms with Crippen LogP contribution in [0.2, 0.25) is 0 Å². The summed E-state index contributed by atoms with van der Waals surface area (Å²) < 4.78 is 0. The number of aliphatic hydroxyl groups excluding tert-OH is 2. The van der Waals surface area contributed by atoms with Gasteiger partial charge in [0.1, 0.15) is 0 Å². The number of hydrogen-bond acceptors (Lipinski definition) is 4. The average molecular weight is 255 g/mol. The second-order valence-electron chi connectivity index (χ2n) is 4.05. The first-order valence-electron chi connectivity index (χ1n) is 5.90. The Balaban J connectivity index is 2.55. The molecule has 3 atom stereocenters. The molecule has 0 heterocycles. The first-order chi connectivity index (χ1) is 8.19. The van der Waals surface area contributed by atoms with Gasteiger partial charge < -0.3 is 15.9 Å². The fourth-order valence-electron chi connectivity index (χ4n) is 1.65. The Bertz CT molecular complexity index is 308. The van der Waals surface area contributed by atoms with E-state index in [1.807, 2.05) is 30.3 Å². The summed E-state index contributed by atoms with van der Waals surface area (Å²) in [5.74, 6) is 0.523. The predicted octanol–water partition coefficient (Wildman–Crippen LogP) is 1.55. The van der Waals surface area contributed by atoms with Crippen LogP contribution < -0.4 is 5.73 Å². The van der Waals surface area contributed by atoms with Crippen molar-refractivity contribution in [3.8, 4) is 0 Å². The third kappa shape index (κ3) is 4.68. The molecule has 0 spiro atoms. The molecule has 96 valence electrons. The van der Waals surface area contributed by atoms with Gasteiger partial charge in [-0.1, -0.05) is 37.3 Å². The molecule has 0 fully saturated rings. The van der Waals surface area contributed by atoms with E-state index in [1.54, 1.807) is 11.8 Å². The van der Waals surface area contributed by atoms with Crippen LogP contribution in [-0.4, -0.2) is 33.9 Å². The van der Waals surface area contributed by atoms with E-state index in [0.29, 0.717) is 5.75 Å². The minimum absolute atomic E-state index is 0.0305. The first kappa shape index (κ1) is 14.5. The lowest BCUT2D eigenvalue weighted by Gasteiger charge is -2.23. The highest BCUT2D eigenvalue weighted by atomic mass is 32.2. The summed E-state index contributed by atoms with van der Waals surface area (Å²) in [6.07, 6.45) is 0.288. The number of rotatable bonds is 7. The van der Waals surface area contributed by atoms with E-state index < -0.39 is 6.10 Å². The van der Waals surface area contributed by atoms with E-state index in [1.165, 1.54) is 0 Å². The summed E-state index contributed by atoms with van der Waals surface area (Å²) in [6.45, 7) is 1.90. The van der Waals surface area contributed by atoms with Gasteiger partial charge >= 0.3 is 0 Å². The van der Waals surface area contributed by atoms with Crippen LogP contribution >= 0.6 is 11.8 Å². The molecule has 0 saturated carbocycles. The van der Waals surface area contributed by atoms with Gasteiger partial charge in [-0.05, 0) is 12.0 Å². The van der Waals surface area contributed by atoms with Crippen molar-refractivity contribution < 1.29 is 10.2 Å². The number of hydrogen-bond donors (Lipinski definition) is 3. The molecule has 17 heavy (non-hydrogen) atoms. The van der Waals surface area contributed by atoms with Crippen LogP contribution in [0.25, 0.3) is 0 Å². The van der Waals surface area contributed by atoms with Crippen molar-refractivity contribution >= 4 is 11.8 Å². The smallest absolute Gasteiger partial charge is 0.0861 e. The largest absolute Gasteiger partial charge is 0.394 e. The zero-order valence-electron chi connectivity index (χ0n) is 10.1. The van der Waals surface area contributed by atoms with Gasteiger partial charge in [0.25, 0.3) is 0 Å². The quantitative estimate of drug-likeness (QED) is 0.691. The minimum atomic E-state index is -0.656. The van der Waals surface area contributed by atoms with Gasteiger partial charge in [0.15, 0.2) is 0 Å². The summed E-state index contributed by atoms with van der Waals surface area (Å²) in [6, 6.07) is 9.95. The van der Waals surface area contributed by atoms with Crippen molar-refractivity contribution in [1.82, 2.24) is 0 Å². The molecule has 1 aromatic carbocycles. The van der Waals surface area contributed by atoms with Crippen molar-refractivity contribution in [2.45, 2.75) is 30.7 Å². The third-order valence-electron chi connectivity index (χ3n) is 2.70. The van der Waals surface area contributed by atoms with Crippen LogP contribution in [0.4, 0.5) is 0 Å². The average Bonchev–Trinajstić information content (AvgIpc) is 2.39. The second-order valence-corrected chi connectivity index (χ2v) is 5.33. The molecule has 0 aliphatic carbocycles. The van der Waals surface area contributed by atoms with E-state index in [-0.39, 0.29) is 17.9 Å². The topological polar surface area (TPSA) is 66.5 Å². The van der Waals surface area contributed by atoms with Crippen LogP contribution in [0.3, 0.4) is 0 Å². The molecule has 0 radical (unpaired) electrons. The first-order valence-corrected chi connectivity index (χ1v) is 6.95. The molecule has 0 aliphatic heterocycles. The summed E-state index contributed by atoms with van der Waals surface area (Å²) in [5, 5.41) is 18.4. The Labute approximate surface area is 107 Å². The van der Waals surface area contributed by atoms with Gasteiger partial charge in [-0.2, -0.15) is 11.8 Å². The summed E-state index contributed by atoms with van der Waals surface area (Å²) in [7, 11) is 0. The fourth-order valence-corrected chi connectivity index (χ4v) is 2.83. The molecule has 3 nitrogen and oxygen atoms in total.